The second kappa shape index (κ2) is 5.84. The first-order chi connectivity index (χ1) is 8.04. The zero-order valence-corrected chi connectivity index (χ0v) is 9.23. The molecule has 7 nitrogen and oxygen atoms in total. The van der Waals surface area contributed by atoms with E-state index >= 15 is 0 Å². The lowest BCUT2D eigenvalue weighted by Gasteiger charge is -2.17. The summed E-state index contributed by atoms with van der Waals surface area (Å²) < 4.78 is 0. The Bertz CT molecular complexity index is 374. The molecule has 0 aromatic carbocycles. The largest absolute Gasteiger partial charge is 0.368 e. The van der Waals surface area contributed by atoms with Crippen LogP contribution in [0.2, 0.25) is 0 Å². The first-order valence-electron chi connectivity index (χ1n) is 5.30. The van der Waals surface area contributed by atoms with Crippen LogP contribution in [0.5, 0.6) is 0 Å². The number of hydrogen-bond acceptors (Lipinski definition) is 4. The van der Waals surface area contributed by atoms with Gasteiger partial charge in [0.05, 0.1) is 6.07 Å². The summed E-state index contributed by atoms with van der Waals surface area (Å²) in [6.07, 6.45) is 1.02. The number of carbonyl (C=O) groups excluding carboxylic acids is 3. The summed E-state index contributed by atoms with van der Waals surface area (Å²) in [7, 11) is 0. The fraction of sp³-hybridized carbons (Fsp3) is 0.600. The summed E-state index contributed by atoms with van der Waals surface area (Å²) in [6, 6.07) is 0.407. The molecule has 7 heteroatoms. The number of rotatable bonds is 5. The molecule has 0 radical (unpaired) electrons. The van der Waals surface area contributed by atoms with Crippen molar-refractivity contribution in [1.82, 2.24) is 10.6 Å². The van der Waals surface area contributed by atoms with Crippen LogP contribution in [0.4, 0.5) is 0 Å². The lowest BCUT2D eigenvalue weighted by molar-refractivity contribution is -0.129. The van der Waals surface area contributed by atoms with Gasteiger partial charge >= 0.3 is 0 Å². The van der Waals surface area contributed by atoms with Crippen molar-refractivity contribution in [3.05, 3.63) is 0 Å². The van der Waals surface area contributed by atoms with Gasteiger partial charge in [-0.15, -0.1) is 0 Å². The standard InChI is InChI=1S/C10H14N4O3/c11-5-1-2-6(9(12)16)14-10(17)7-3-4-8(15)13-7/h6-7H,1-4H2,(H2,12,16)(H,13,15)(H,14,17)/t6-,7-/m1/s1. The Hall–Kier alpha value is -2.10. The maximum Gasteiger partial charge on any atom is 0.243 e. The van der Waals surface area contributed by atoms with E-state index in [4.69, 9.17) is 11.0 Å². The molecule has 0 bridgehead atoms. The van der Waals surface area contributed by atoms with Crippen molar-refractivity contribution < 1.29 is 14.4 Å². The normalized spacial score (nSPS) is 20.2. The average molecular weight is 238 g/mol. The van der Waals surface area contributed by atoms with Gasteiger partial charge in [-0.3, -0.25) is 14.4 Å². The third-order valence-corrected chi connectivity index (χ3v) is 2.52. The molecule has 1 fully saturated rings. The summed E-state index contributed by atoms with van der Waals surface area (Å²) in [6.45, 7) is 0. The minimum Gasteiger partial charge on any atom is -0.368 e. The monoisotopic (exact) mass is 238 g/mol. The minimum absolute atomic E-state index is 0.130. The van der Waals surface area contributed by atoms with Gasteiger partial charge in [-0.1, -0.05) is 0 Å². The quantitative estimate of drug-likeness (QED) is 0.541. The van der Waals surface area contributed by atoms with Gasteiger partial charge in [0.1, 0.15) is 12.1 Å². The molecule has 2 atom stereocenters. The highest BCUT2D eigenvalue weighted by Crippen LogP contribution is 2.07. The molecule has 1 aliphatic rings. The molecule has 1 heterocycles. The summed E-state index contributed by atoms with van der Waals surface area (Å²) in [5.74, 6) is -1.30. The van der Waals surface area contributed by atoms with E-state index in [1.165, 1.54) is 0 Å². The molecule has 0 aromatic rings. The van der Waals surface area contributed by atoms with Crippen LogP contribution in [0.25, 0.3) is 0 Å². The lowest BCUT2D eigenvalue weighted by atomic mass is 10.1. The Kier molecular flexibility index (Phi) is 4.46. The molecule has 0 spiro atoms. The number of nitrogens with two attached hydrogens (primary N) is 1. The lowest BCUT2D eigenvalue weighted by Crippen LogP contribution is -2.50. The summed E-state index contributed by atoms with van der Waals surface area (Å²) in [4.78, 5) is 33.6. The minimum atomic E-state index is -0.861. The molecule has 0 aliphatic carbocycles. The number of nitrogens with one attached hydrogen (secondary N) is 2. The second-order valence-electron chi connectivity index (χ2n) is 3.82. The zero-order chi connectivity index (χ0) is 12.8. The molecule has 0 aromatic heterocycles. The molecule has 92 valence electrons. The smallest absolute Gasteiger partial charge is 0.243 e. The number of nitrogens with zero attached hydrogens (tertiary/aromatic N) is 1. The summed E-state index contributed by atoms with van der Waals surface area (Å²) in [5, 5.41) is 13.3. The van der Waals surface area contributed by atoms with Gasteiger partial charge in [0.2, 0.25) is 17.7 Å². The molecule has 0 saturated carbocycles. The van der Waals surface area contributed by atoms with Crippen LogP contribution in [0, 0.1) is 11.3 Å². The summed E-state index contributed by atoms with van der Waals surface area (Å²) in [5.41, 5.74) is 5.10. The Morgan fingerprint density at radius 3 is 2.82 bits per heavy atom. The Labute approximate surface area is 98.3 Å². The highest BCUT2D eigenvalue weighted by atomic mass is 16.2. The molecule has 1 aliphatic heterocycles. The van der Waals surface area contributed by atoms with E-state index in [-0.39, 0.29) is 18.7 Å². The van der Waals surface area contributed by atoms with Gasteiger partial charge in [0.25, 0.3) is 0 Å². The van der Waals surface area contributed by atoms with Crippen LogP contribution in [-0.4, -0.2) is 29.8 Å². The highest BCUT2D eigenvalue weighted by molar-refractivity contribution is 5.93. The van der Waals surface area contributed by atoms with E-state index in [0.29, 0.717) is 12.8 Å². The first kappa shape index (κ1) is 13.0. The van der Waals surface area contributed by atoms with Crippen LogP contribution in [-0.2, 0) is 14.4 Å². The predicted octanol–water partition coefficient (Wildman–Crippen LogP) is -1.46. The fourth-order valence-electron chi connectivity index (χ4n) is 1.58. The number of carbonyl (C=O) groups is 3. The molecule has 0 unspecified atom stereocenters. The van der Waals surface area contributed by atoms with Crippen LogP contribution in [0.3, 0.4) is 0 Å². The molecule has 17 heavy (non-hydrogen) atoms. The van der Waals surface area contributed by atoms with Gasteiger partial charge in [-0.25, -0.2) is 0 Å². The van der Waals surface area contributed by atoms with Crippen LogP contribution >= 0.6 is 0 Å². The van der Waals surface area contributed by atoms with Crippen molar-refractivity contribution in [2.75, 3.05) is 0 Å². The van der Waals surface area contributed by atoms with Gasteiger partial charge in [-0.2, -0.15) is 5.26 Å². The van der Waals surface area contributed by atoms with Gasteiger partial charge in [0, 0.05) is 12.8 Å². The number of hydrogen-bond donors (Lipinski definition) is 3. The van der Waals surface area contributed by atoms with E-state index in [1.807, 2.05) is 6.07 Å². The fourth-order valence-corrected chi connectivity index (χ4v) is 1.58. The van der Waals surface area contributed by atoms with E-state index in [0.717, 1.165) is 0 Å². The predicted molar refractivity (Wildman–Crippen MR) is 57.1 cm³/mol. The average Bonchev–Trinajstić information content (AvgIpc) is 2.70. The number of primary amides is 1. The number of nitriles is 1. The maximum atomic E-state index is 11.7. The van der Waals surface area contributed by atoms with Crippen LogP contribution in [0.1, 0.15) is 25.7 Å². The third-order valence-electron chi connectivity index (χ3n) is 2.52. The SMILES string of the molecule is N#CCC[C@@H](NC(=O)[C@H]1CCC(=O)N1)C(N)=O. The van der Waals surface area contributed by atoms with Gasteiger partial charge < -0.3 is 16.4 Å². The molecule has 3 amide bonds. The molecule has 1 rings (SSSR count). The molecule has 4 N–H and O–H groups in total. The van der Waals surface area contributed by atoms with Crippen molar-refractivity contribution >= 4 is 17.7 Å². The Balaban J connectivity index is 2.49. The van der Waals surface area contributed by atoms with Crippen molar-refractivity contribution in [3.63, 3.8) is 0 Å². The van der Waals surface area contributed by atoms with Crippen molar-refractivity contribution in [3.8, 4) is 6.07 Å². The van der Waals surface area contributed by atoms with Crippen LogP contribution < -0.4 is 16.4 Å². The van der Waals surface area contributed by atoms with E-state index in [1.54, 1.807) is 0 Å². The molecular formula is C10H14N4O3. The molecular weight excluding hydrogens is 224 g/mol. The van der Waals surface area contributed by atoms with Crippen molar-refractivity contribution in [1.29, 1.82) is 5.26 Å². The van der Waals surface area contributed by atoms with E-state index in [2.05, 4.69) is 10.6 Å². The third kappa shape index (κ3) is 3.75. The Morgan fingerprint density at radius 2 is 2.35 bits per heavy atom. The number of amides is 3. The van der Waals surface area contributed by atoms with Gasteiger partial charge in [0.15, 0.2) is 0 Å². The molecule has 1 saturated heterocycles. The van der Waals surface area contributed by atoms with E-state index in [9.17, 15) is 14.4 Å². The summed E-state index contributed by atoms with van der Waals surface area (Å²) >= 11 is 0. The van der Waals surface area contributed by atoms with Crippen molar-refractivity contribution in [2.24, 2.45) is 5.73 Å². The van der Waals surface area contributed by atoms with Crippen LogP contribution in [0.15, 0.2) is 0 Å². The Morgan fingerprint density at radius 1 is 1.65 bits per heavy atom. The van der Waals surface area contributed by atoms with Gasteiger partial charge in [-0.05, 0) is 12.8 Å². The van der Waals surface area contributed by atoms with Crippen molar-refractivity contribution in [2.45, 2.75) is 37.8 Å². The maximum absolute atomic E-state index is 11.7. The first-order valence-corrected chi connectivity index (χ1v) is 5.30. The highest BCUT2D eigenvalue weighted by Gasteiger charge is 2.29. The zero-order valence-electron chi connectivity index (χ0n) is 9.23. The topological polar surface area (TPSA) is 125 Å². The second-order valence-corrected chi connectivity index (χ2v) is 3.82. The van der Waals surface area contributed by atoms with E-state index < -0.39 is 23.9 Å².